The molecule has 0 saturated carbocycles. The van der Waals surface area contributed by atoms with Crippen molar-refractivity contribution in [2.45, 2.75) is 12.5 Å². The predicted molar refractivity (Wildman–Crippen MR) is 122 cm³/mol. The number of hydrogen-bond acceptors (Lipinski definition) is 7. The van der Waals surface area contributed by atoms with Crippen molar-refractivity contribution in [1.29, 1.82) is 0 Å². The molecule has 30 heavy (non-hydrogen) atoms. The summed E-state index contributed by atoms with van der Waals surface area (Å²) in [4.78, 5) is 4.80. The lowest BCUT2D eigenvalue weighted by Crippen LogP contribution is -2.47. The molecule has 3 N–H and O–H groups in total. The summed E-state index contributed by atoms with van der Waals surface area (Å²) >= 11 is 1.66. The highest BCUT2D eigenvalue weighted by molar-refractivity contribution is 7.17. The zero-order valence-corrected chi connectivity index (χ0v) is 17.7. The number of ether oxygens (including phenoxy) is 2. The molecule has 2 aromatic carbocycles. The highest BCUT2D eigenvalue weighted by Gasteiger charge is 2.24. The molecule has 2 aliphatic rings. The molecule has 0 amide bonds. The fourth-order valence-electron chi connectivity index (χ4n) is 4.30. The van der Waals surface area contributed by atoms with Gasteiger partial charge in [-0.1, -0.05) is 6.07 Å². The number of aliphatic hydroxyl groups excluding tert-OH is 1. The number of benzene rings is 2. The molecule has 3 aromatic rings. The van der Waals surface area contributed by atoms with Gasteiger partial charge in [0.1, 0.15) is 13.2 Å². The Balaban J connectivity index is 1.18. The van der Waals surface area contributed by atoms with E-state index in [0.717, 1.165) is 73.0 Å². The second-order valence-corrected chi connectivity index (χ2v) is 8.79. The first-order valence-corrected chi connectivity index (χ1v) is 11.4. The normalized spacial score (nSPS) is 18.0. The summed E-state index contributed by atoms with van der Waals surface area (Å²) in [6, 6.07) is 12.0. The van der Waals surface area contributed by atoms with E-state index in [4.69, 9.17) is 15.2 Å². The average molecular weight is 426 g/mol. The molecular weight excluding hydrogens is 398 g/mol. The van der Waals surface area contributed by atoms with Crippen LogP contribution in [-0.4, -0.2) is 55.9 Å². The molecule has 158 valence electrons. The van der Waals surface area contributed by atoms with Crippen LogP contribution in [-0.2, 0) is 0 Å². The van der Waals surface area contributed by atoms with Crippen molar-refractivity contribution in [1.82, 2.24) is 4.90 Å². The third-order valence-electron chi connectivity index (χ3n) is 5.96. The van der Waals surface area contributed by atoms with E-state index in [1.807, 2.05) is 30.3 Å². The summed E-state index contributed by atoms with van der Waals surface area (Å²) in [6.07, 6.45) is 0.253. The van der Waals surface area contributed by atoms with Gasteiger partial charge >= 0.3 is 0 Å². The number of nitrogens with two attached hydrogens (primary N) is 1. The lowest BCUT2D eigenvalue weighted by molar-refractivity contribution is 0.140. The van der Waals surface area contributed by atoms with E-state index in [1.165, 1.54) is 4.70 Å². The second kappa shape index (κ2) is 8.34. The van der Waals surface area contributed by atoms with Crippen molar-refractivity contribution >= 4 is 32.8 Å². The summed E-state index contributed by atoms with van der Waals surface area (Å²) in [5.41, 5.74) is 8.79. The van der Waals surface area contributed by atoms with Crippen LogP contribution in [0.3, 0.4) is 0 Å². The number of piperazine rings is 1. The van der Waals surface area contributed by atoms with Crippen molar-refractivity contribution in [2.24, 2.45) is 0 Å². The number of fused-ring (bicyclic) bond motifs is 2. The van der Waals surface area contributed by atoms with Crippen molar-refractivity contribution in [3.8, 4) is 11.5 Å². The van der Waals surface area contributed by atoms with Gasteiger partial charge in [0.15, 0.2) is 11.5 Å². The van der Waals surface area contributed by atoms with E-state index < -0.39 is 6.10 Å². The van der Waals surface area contributed by atoms with Crippen molar-refractivity contribution in [2.75, 3.05) is 56.6 Å². The Morgan fingerprint density at radius 2 is 1.90 bits per heavy atom. The molecule has 1 aromatic heterocycles. The largest absolute Gasteiger partial charge is 0.486 e. The highest BCUT2D eigenvalue weighted by atomic mass is 32.1. The minimum Gasteiger partial charge on any atom is -0.486 e. The number of nitrogen functional groups attached to an aromatic ring is 1. The van der Waals surface area contributed by atoms with Gasteiger partial charge in [0, 0.05) is 48.5 Å². The first kappa shape index (κ1) is 19.5. The Bertz CT molecular complexity index is 1030. The molecule has 5 rings (SSSR count). The van der Waals surface area contributed by atoms with Crippen LogP contribution in [0.15, 0.2) is 41.8 Å². The Kier molecular flexibility index (Phi) is 5.41. The maximum atomic E-state index is 10.8. The minimum atomic E-state index is -0.467. The van der Waals surface area contributed by atoms with Crippen molar-refractivity contribution in [3.63, 3.8) is 0 Å². The zero-order chi connectivity index (χ0) is 20.5. The molecule has 1 unspecified atom stereocenters. The van der Waals surface area contributed by atoms with Gasteiger partial charge in [-0.15, -0.1) is 11.3 Å². The van der Waals surface area contributed by atoms with Crippen LogP contribution in [0.25, 0.3) is 10.1 Å². The van der Waals surface area contributed by atoms with Crippen LogP contribution < -0.4 is 20.1 Å². The average Bonchev–Trinajstić information content (AvgIpc) is 3.20. The number of nitrogens with zero attached hydrogens (tertiary/aromatic N) is 2. The van der Waals surface area contributed by atoms with E-state index >= 15 is 0 Å². The van der Waals surface area contributed by atoms with Crippen LogP contribution in [0, 0.1) is 0 Å². The molecule has 1 fully saturated rings. The molecule has 7 heteroatoms. The highest BCUT2D eigenvalue weighted by Crippen LogP contribution is 2.40. The third-order valence-corrected chi connectivity index (χ3v) is 6.95. The van der Waals surface area contributed by atoms with Crippen LogP contribution in [0.4, 0.5) is 11.4 Å². The molecular formula is C23H27N3O3S. The smallest absolute Gasteiger partial charge is 0.184 e. The number of rotatable bonds is 5. The van der Waals surface area contributed by atoms with Gasteiger partial charge in [-0.05, 0) is 47.7 Å². The maximum Gasteiger partial charge on any atom is 0.184 e. The Hall–Kier alpha value is -2.48. The third kappa shape index (κ3) is 3.80. The molecule has 1 atom stereocenters. The maximum absolute atomic E-state index is 10.8. The van der Waals surface area contributed by atoms with Gasteiger partial charge in [-0.2, -0.15) is 0 Å². The van der Waals surface area contributed by atoms with Crippen LogP contribution in [0.1, 0.15) is 18.1 Å². The molecule has 6 nitrogen and oxygen atoms in total. The fourth-order valence-corrected chi connectivity index (χ4v) is 5.29. The van der Waals surface area contributed by atoms with Gasteiger partial charge < -0.3 is 25.2 Å². The molecule has 0 spiro atoms. The second-order valence-electron chi connectivity index (χ2n) is 7.88. The summed E-state index contributed by atoms with van der Waals surface area (Å²) in [5.74, 6) is 1.71. The number of thiophene rings is 1. The lowest BCUT2D eigenvalue weighted by atomic mass is 10.0. The molecule has 3 heterocycles. The number of para-hydroxylation sites is 1. The molecule has 0 aliphatic carbocycles. The molecule has 2 aliphatic heterocycles. The predicted octanol–water partition coefficient (Wildman–Crippen LogP) is 3.50. The van der Waals surface area contributed by atoms with Crippen LogP contribution >= 0.6 is 11.3 Å². The Morgan fingerprint density at radius 1 is 1.07 bits per heavy atom. The first-order chi connectivity index (χ1) is 14.7. The van der Waals surface area contributed by atoms with Gasteiger partial charge in [0.25, 0.3) is 0 Å². The van der Waals surface area contributed by atoms with Crippen molar-refractivity contribution in [3.05, 3.63) is 47.3 Å². The Labute approximate surface area is 180 Å². The Morgan fingerprint density at radius 3 is 2.77 bits per heavy atom. The number of aliphatic hydroxyl groups is 1. The summed E-state index contributed by atoms with van der Waals surface area (Å²) < 4.78 is 12.8. The SMILES string of the molecule is Nc1ccc2scc(C(O)CCN3CCN(c4cccc5c4OCCO5)CC3)c2c1. The van der Waals surface area contributed by atoms with E-state index in [0.29, 0.717) is 13.2 Å². The minimum absolute atomic E-state index is 0.467. The van der Waals surface area contributed by atoms with E-state index in [-0.39, 0.29) is 0 Å². The molecule has 1 saturated heterocycles. The lowest BCUT2D eigenvalue weighted by Gasteiger charge is -2.37. The quantitative estimate of drug-likeness (QED) is 0.610. The molecule has 0 radical (unpaired) electrons. The fraction of sp³-hybridized carbons (Fsp3) is 0.391. The molecule has 0 bridgehead atoms. The summed E-state index contributed by atoms with van der Waals surface area (Å²) in [5, 5.41) is 13.9. The zero-order valence-electron chi connectivity index (χ0n) is 16.9. The van der Waals surface area contributed by atoms with E-state index in [9.17, 15) is 5.11 Å². The van der Waals surface area contributed by atoms with Gasteiger partial charge in [-0.25, -0.2) is 0 Å². The van der Waals surface area contributed by atoms with Gasteiger partial charge in [0.05, 0.1) is 11.8 Å². The number of hydrogen-bond donors (Lipinski definition) is 2. The van der Waals surface area contributed by atoms with Crippen LogP contribution in [0.5, 0.6) is 11.5 Å². The van der Waals surface area contributed by atoms with Crippen molar-refractivity contribution < 1.29 is 14.6 Å². The summed E-state index contributed by atoms with van der Waals surface area (Å²) in [7, 11) is 0. The summed E-state index contributed by atoms with van der Waals surface area (Å²) in [6.45, 7) is 5.90. The van der Waals surface area contributed by atoms with E-state index in [2.05, 4.69) is 21.2 Å². The monoisotopic (exact) mass is 425 g/mol. The van der Waals surface area contributed by atoms with Gasteiger partial charge in [0.2, 0.25) is 0 Å². The number of anilines is 2. The van der Waals surface area contributed by atoms with Gasteiger partial charge in [-0.3, -0.25) is 4.90 Å². The van der Waals surface area contributed by atoms with E-state index in [1.54, 1.807) is 11.3 Å². The standard InChI is InChI=1S/C23H27N3O3S/c24-16-4-5-22-17(14-16)18(15-30-22)20(27)6-7-25-8-10-26(11-9-25)19-2-1-3-21-23(19)29-13-12-28-21/h1-5,14-15,20,27H,6-13,24H2. The first-order valence-electron chi connectivity index (χ1n) is 10.5. The topological polar surface area (TPSA) is 71.2 Å². The van der Waals surface area contributed by atoms with Crippen LogP contribution in [0.2, 0.25) is 0 Å².